The summed E-state index contributed by atoms with van der Waals surface area (Å²) >= 11 is 0. The number of furan rings is 1. The zero-order valence-electron chi connectivity index (χ0n) is 13.0. The lowest BCUT2D eigenvalue weighted by molar-refractivity contribution is 0.671. The number of hydrogen-bond acceptors (Lipinski definition) is 2. The predicted molar refractivity (Wildman–Crippen MR) is 101 cm³/mol. The molecule has 0 radical (unpaired) electrons. The molecule has 5 aromatic rings. The van der Waals surface area contributed by atoms with E-state index in [1.165, 1.54) is 10.8 Å². The first-order chi connectivity index (χ1) is 11.8. The number of hydrogen-bond donors (Lipinski definition) is 1. The minimum atomic E-state index is 0.693. The van der Waals surface area contributed by atoms with Crippen molar-refractivity contribution in [2.45, 2.75) is 0 Å². The van der Waals surface area contributed by atoms with Gasteiger partial charge in [0.2, 0.25) is 0 Å². The lowest BCUT2D eigenvalue weighted by Crippen LogP contribution is -1.90. The van der Waals surface area contributed by atoms with Crippen molar-refractivity contribution in [3.05, 3.63) is 78.9 Å². The van der Waals surface area contributed by atoms with Crippen LogP contribution in [0.3, 0.4) is 0 Å². The molecule has 0 unspecified atom stereocenters. The number of nitrogen functional groups attached to an aromatic ring is 1. The molecule has 5 rings (SSSR count). The first-order valence-electron chi connectivity index (χ1n) is 8.00. The largest absolute Gasteiger partial charge is 0.454 e. The van der Waals surface area contributed by atoms with Gasteiger partial charge in [-0.05, 0) is 34.5 Å². The van der Waals surface area contributed by atoms with Crippen LogP contribution in [0.4, 0.5) is 5.69 Å². The van der Waals surface area contributed by atoms with Gasteiger partial charge in [0.25, 0.3) is 0 Å². The molecule has 0 saturated heterocycles. The Morgan fingerprint density at radius 3 is 2.17 bits per heavy atom. The summed E-state index contributed by atoms with van der Waals surface area (Å²) in [5.74, 6) is 0. The van der Waals surface area contributed by atoms with Crippen molar-refractivity contribution in [1.82, 2.24) is 0 Å². The van der Waals surface area contributed by atoms with Crippen molar-refractivity contribution in [1.29, 1.82) is 0 Å². The van der Waals surface area contributed by atoms with Crippen molar-refractivity contribution in [3.8, 4) is 11.1 Å². The highest BCUT2D eigenvalue weighted by Crippen LogP contribution is 2.39. The highest BCUT2D eigenvalue weighted by atomic mass is 16.3. The maximum Gasteiger partial charge on any atom is 0.158 e. The first kappa shape index (κ1) is 13.2. The van der Waals surface area contributed by atoms with Crippen LogP contribution in [0.2, 0.25) is 0 Å². The number of anilines is 1. The zero-order chi connectivity index (χ0) is 16.1. The van der Waals surface area contributed by atoms with Gasteiger partial charge < -0.3 is 10.2 Å². The molecule has 0 aliphatic heterocycles. The van der Waals surface area contributed by atoms with Crippen LogP contribution < -0.4 is 5.73 Å². The summed E-state index contributed by atoms with van der Waals surface area (Å²) in [5.41, 5.74) is 10.9. The molecule has 0 aliphatic rings. The Morgan fingerprint density at radius 1 is 0.667 bits per heavy atom. The maximum atomic E-state index is 6.45. The lowest BCUT2D eigenvalue weighted by Gasteiger charge is -2.06. The van der Waals surface area contributed by atoms with Crippen molar-refractivity contribution in [2.75, 3.05) is 5.73 Å². The van der Waals surface area contributed by atoms with E-state index in [4.69, 9.17) is 10.2 Å². The van der Waals surface area contributed by atoms with Gasteiger partial charge in [-0.2, -0.15) is 0 Å². The molecule has 0 fully saturated rings. The van der Waals surface area contributed by atoms with Gasteiger partial charge in [0, 0.05) is 16.3 Å². The lowest BCUT2D eigenvalue weighted by atomic mass is 10.0. The van der Waals surface area contributed by atoms with Crippen molar-refractivity contribution >= 4 is 38.4 Å². The third-order valence-electron chi connectivity index (χ3n) is 4.63. The fraction of sp³-hybridized carbons (Fsp3) is 0. The average molecular weight is 309 g/mol. The highest BCUT2D eigenvalue weighted by molar-refractivity contribution is 6.14. The summed E-state index contributed by atoms with van der Waals surface area (Å²) in [5, 5.41) is 4.55. The summed E-state index contributed by atoms with van der Waals surface area (Å²) < 4.78 is 6.13. The van der Waals surface area contributed by atoms with Crippen LogP contribution in [0, 0.1) is 0 Å². The molecular formula is C22H15NO. The van der Waals surface area contributed by atoms with Crippen molar-refractivity contribution in [3.63, 3.8) is 0 Å². The van der Waals surface area contributed by atoms with E-state index in [-0.39, 0.29) is 0 Å². The first-order valence-corrected chi connectivity index (χ1v) is 8.00. The normalized spacial score (nSPS) is 11.5. The van der Waals surface area contributed by atoms with Crippen LogP contribution in [0.1, 0.15) is 0 Å². The standard InChI is InChI=1S/C22H15NO/c23-21-17(14-6-2-1-3-7-14)10-11-18-19-12-15-8-4-5-9-16(15)13-20(19)24-22(18)21/h1-13H,23H2. The molecule has 24 heavy (non-hydrogen) atoms. The summed E-state index contributed by atoms with van der Waals surface area (Å²) in [4.78, 5) is 0. The van der Waals surface area contributed by atoms with Gasteiger partial charge in [-0.15, -0.1) is 0 Å². The molecular weight excluding hydrogens is 294 g/mol. The van der Waals surface area contributed by atoms with Gasteiger partial charge in [-0.3, -0.25) is 0 Å². The van der Waals surface area contributed by atoms with E-state index in [1.807, 2.05) is 24.3 Å². The SMILES string of the molecule is Nc1c(-c2ccccc2)ccc2c1oc1cc3ccccc3cc12. The molecule has 2 N–H and O–H groups in total. The van der Waals surface area contributed by atoms with Gasteiger partial charge >= 0.3 is 0 Å². The molecule has 0 amide bonds. The van der Waals surface area contributed by atoms with Crippen LogP contribution in [-0.2, 0) is 0 Å². The summed E-state index contributed by atoms with van der Waals surface area (Å²) in [6.07, 6.45) is 0. The van der Waals surface area contributed by atoms with E-state index < -0.39 is 0 Å². The minimum Gasteiger partial charge on any atom is -0.454 e. The summed E-state index contributed by atoms with van der Waals surface area (Å²) in [6.45, 7) is 0. The van der Waals surface area contributed by atoms with E-state index in [9.17, 15) is 0 Å². The van der Waals surface area contributed by atoms with Gasteiger partial charge in [-0.1, -0.05) is 60.7 Å². The fourth-order valence-electron chi connectivity index (χ4n) is 3.42. The van der Waals surface area contributed by atoms with Gasteiger partial charge in [0.05, 0.1) is 5.69 Å². The van der Waals surface area contributed by atoms with Gasteiger partial charge in [0.15, 0.2) is 5.58 Å². The van der Waals surface area contributed by atoms with E-state index in [0.717, 1.165) is 33.1 Å². The van der Waals surface area contributed by atoms with Crippen molar-refractivity contribution in [2.24, 2.45) is 0 Å². The highest BCUT2D eigenvalue weighted by Gasteiger charge is 2.14. The van der Waals surface area contributed by atoms with Crippen LogP contribution in [0.15, 0.2) is 83.3 Å². The molecule has 0 saturated carbocycles. The minimum absolute atomic E-state index is 0.693. The van der Waals surface area contributed by atoms with Crippen LogP contribution in [0.25, 0.3) is 43.8 Å². The van der Waals surface area contributed by atoms with E-state index >= 15 is 0 Å². The molecule has 1 heterocycles. The Hall–Kier alpha value is -3.26. The molecule has 0 spiro atoms. The average Bonchev–Trinajstić information content (AvgIpc) is 2.99. The second kappa shape index (κ2) is 4.87. The van der Waals surface area contributed by atoms with Crippen LogP contribution in [0.5, 0.6) is 0 Å². The fourth-order valence-corrected chi connectivity index (χ4v) is 3.42. The monoisotopic (exact) mass is 309 g/mol. The second-order valence-corrected chi connectivity index (χ2v) is 6.07. The Kier molecular flexibility index (Phi) is 2.68. The third kappa shape index (κ3) is 1.83. The molecule has 0 bridgehead atoms. The third-order valence-corrected chi connectivity index (χ3v) is 4.63. The van der Waals surface area contributed by atoms with Gasteiger partial charge in [0.1, 0.15) is 5.58 Å². The molecule has 4 aromatic carbocycles. The second-order valence-electron chi connectivity index (χ2n) is 6.07. The topological polar surface area (TPSA) is 39.2 Å². The smallest absolute Gasteiger partial charge is 0.158 e. The zero-order valence-corrected chi connectivity index (χ0v) is 13.0. The number of nitrogens with two attached hydrogens (primary N) is 1. The molecule has 0 atom stereocenters. The van der Waals surface area contributed by atoms with Crippen LogP contribution in [-0.4, -0.2) is 0 Å². The Balaban J connectivity index is 1.85. The van der Waals surface area contributed by atoms with E-state index in [0.29, 0.717) is 5.69 Å². The predicted octanol–water partition coefficient (Wildman–Crippen LogP) is 5.99. The number of rotatable bonds is 1. The molecule has 2 heteroatoms. The maximum absolute atomic E-state index is 6.45. The number of benzene rings is 4. The summed E-state index contributed by atoms with van der Waals surface area (Å²) in [7, 11) is 0. The summed E-state index contributed by atoms with van der Waals surface area (Å²) in [6, 6.07) is 26.9. The Labute approximate surface area is 139 Å². The molecule has 114 valence electrons. The molecule has 2 nitrogen and oxygen atoms in total. The molecule has 0 aliphatic carbocycles. The van der Waals surface area contributed by atoms with Crippen molar-refractivity contribution < 1.29 is 4.42 Å². The Morgan fingerprint density at radius 2 is 1.38 bits per heavy atom. The quantitative estimate of drug-likeness (QED) is 0.386. The van der Waals surface area contributed by atoms with Gasteiger partial charge in [-0.25, -0.2) is 0 Å². The molecule has 1 aromatic heterocycles. The number of fused-ring (bicyclic) bond motifs is 4. The Bertz CT molecular complexity index is 1200. The van der Waals surface area contributed by atoms with Crippen LogP contribution >= 0.6 is 0 Å². The van der Waals surface area contributed by atoms with E-state index in [1.54, 1.807) is 0 Å². The van der Waals surface area contributed by atoms with E-state index in [2.05, 4.69) is 54.6 Å².